The van der Waals surface area contributed by atoms with Crippen LogP contribution in [0.15, 0.2) is 41.6 Å². The molecule has 0 bridgehead atoms. The SMILES string of the molecule is Cc1cc([N+](=O)[O-])ccc1NC(=O)Cn1cnccc1=O. The van der Waals surface area contributed by atoms with Gasteiger partial charge in [-0.2, -0.15) is 0 Å². The first kappa shape index (κ1) is 14.4. The molecule has 0 aliphatic rings. The van der Waals surface area contributed by atoms with Gasteiger partial charge in [-0.25, -0.2) is 4.98 Å². The molecule has 8 heteroatoms. The number of nitro groups is 1. The Balaban J connectivity index is 2.12. The number of aromatic nitrogens is 2. The summed E-state index contributed by atoms with van der Waals surface area (Å²) in [6, 6.07) is 5.38. The molecule has 1 N–H and O–H groups in total. The number of carbonyl (C=O) groups excluding carboxylic acids is 1. The van der Waals surface area contributed by atoms with Gasteiger partial charge in [0.2, 0.25) is 5.91 Å². The zero-order valence-corrected chi connectivity index (χ0v) is 11.1. The lowest BCUT2D eigenvalue weighted by atomic mass is 10.2. The predicted octanol–water partition coefficient (Wildman–Crippen LogP) is 1.10. The number of rotatable bonds is 4. The lowest BCUT2D eigenvalue weighted by Gasteiger charge is -2.09. The number of nitrogens with one attached hydrogen (secondary N) is 1. The third-order valence-corrected chi connectivity index (χ3v) is 2.80. The third kappa shape index (κ3) is 3.50. The van der Waals surface area contributed by atoms with Gasteiger partial charge in [-0.3, -0.25) is 24.3 Å². The second kappa shape index (κ2) is 5.95. The monoisotopic (exact) mass is 288 g/mol. The molecule has 0 fully saturated rings. The Morgan fingerprint density at radius 3 is 2.81 bits per heavy atom. The van der Waals surface area contributed by atoms with Crippen LogP contribution in [0, 0.1) is 17.0 Å². The first-order valence-corrected chi connectivity index (χ1v) is 6.03. The van der Waals surface area contributed by atoms with Crippen LogP contribution >= 0.6 is 0 Å². The summed E-state index contributed by atoms with van der Waals surface area (Å²) in [5.74, 6) is -0.415. The van der Waals surface area contributed by atoms with E-state index in [-0.39, 0.29) is 17.8 Å². The van der Waals surface area contributed by atoms with E-state index < -0.39 is 10.8 Å². The van der Waals surface area contributed by atoms with Crippen LogP contribution in [0.1, 0.15) is 5.56 Å². The van der Waals surface area contributed by atoms with Crippen molar-refractivity contribution in [1.29, 1.82) is 0 Å². The maximum absolute atomic E-state index is 11.9. The summed E-state index contributed by atoms with van der Waals surface area (Å²) < 4.78 is 1.16. The molecular formula is C13H12N4O4. The van der Waals surface area contributed by atoms with Crippen molar-refractivity contribution in [3.05, 3.63) is 62.8 Å². The number of aryl methyl sites for hydroxylation is 1. The normalized spacial score (nSPS) is 10.1. The van der Waals surface area contributed by atoms with Crippen LogP contribution in [-0.2, 0) is 11.3 Å². The van der Waals surface area contributed by atoms with E-state index in [0.717, 1.165) is 4.57 Å². The number of benzene rings is 1. The van der Waals surface area contributed by atoms with Crippen LogP contribution in [-0.4, -0.2) is 20.4 Å². The minimum Gasteiger partial charge on any atom is -0.324 e. The van der Waals surface area contributed by atoms with Crippen LogP contribution in [0.25, 0.3) is 0 Å². The van der Waals surface area contributed by atoms with Gasteiger partial charge < -0.3 is 5.32 Å². The minimum atomic E-state index is -0.506. The molecule has 0 saturated carbocycles. The average Bonchev–Trinajstić information content (AvgIpc) is 2.43. The molecule has 0 atom stereocenters. The van der Waals surface area contributed by atoms with Gasteiger partial charge in [-0.15, -0.1) is 0 Å². The van der Waals surface area contributed by atoms with Crippen LogP contribution in [0.4, 0.5) is 11.4 Å². The van der Waals surface area contributed by atoms with Gasteiger partial charge in [0.05, 0.1) is 11.3 Å². The lowest BCUT2D eigenvalue weighted by molar-refractivity contribution is -0.384. The molecule has 108 valence electrons. The quantitative estimate of drug-likeness (QED) is 0.669. The molecule has 2 aromatic rings. The molecule has 1 aromatic heterocycles. The number of carbonyl (C=O) groups is 1. The molecule has 8 nitrogen and oxygen atoms in total. The molecule has 2 rings (SSSR count). The largest absolute Gasteiger partial charge is 0.324 e. The molecular weight excluding hydrogens is 276 g/mol. The van der Waals surface area contributed by atoms with E-state index >= 15 is 0 Å². The summed E-state index contributed by atoms with van der Waals surface area (Å²) in [6.07, 6.45) is 2.61. The van der Waals surface area contributed by atoms with E-state index in [9.17, 15) is 19.7 Å². The van der Waals surface area contributed by atoms with Gasteiger partial charge in [-0.1, -0.05) is 0 Å². The van der Waals surface area contributed by atoms with Gasteiger partial charge >= 0.3 is 0 Å². The average molecular weight is 288 g/mol. The zero-order valence-electron chi connectivity index (χ0n) is 11.1. The highest BCUT2D eigenvalue weighted by Crippen LogP contribution is 2.21. The molecule has 0 radical (unpaired) electrons. The van der Waals surface area contributed by atoms with E-state index in [0.29, 0.717) is 11.3 Å². The third-order valence-electron chi connectivity index (χ3n) is 2.80. The van der Waals surface area contributed by atoms with Crippen molar-refractivity contribution in [3.8, 4) is 0 Å². The first-order valence-electron chi connectivity index (χ1n) is 6.03. The topological polar surface area (TPSA) is 107 Å². The standard InChI is InChI=1S/C13H12N4O4/c1-9-6-10(17(20)21)2-3-11(9)15-12(18)7-16-8-14-5-4-13(16)19/h2-6,8H,7H2,1H3,(H,15,18). The molecule has 0 aliphatic heterocycles. The fourth-order valence-corrected chi connectivity index (χ4v) is 1.74. The number of hydrogen-bond acceptors (Lipinski definition) is 5. The smallest absolute Gasteiger partial charge is 0.269 e. The minimum absolute atomic E-state index is 0.0472. The fraction of sp³-hybridized carbons (Fsp3) is 0.154. The molecule has 0 spiro atoms. The molecule has 21 heavy (non-hydrogen) atoms. The van der Waals surface area contributed by atoms with Crippen molar-refractivity contribution in [2.24, 2.45) is 0 Å². The summed E-state index contributed by atoms with van der Waals surface area (Å²) in [7, 11) is 0. The maximum Gasteiger partial charge on any atom is 0.269 e. The van der Waals surface area contributed by atoms with E-state index in [1.54, 1.807) is 6.92 Å². The Morgan fingerprint density at radius 2 is 2.19 bits per heavy atom. The van der Waals surface area contributed by atoms with Gasteiger partial charge in [0.15, 0.2) is 0 Å². The fourth-order valence-electron chi connectivity index (χ4n) is 1.74. The molecule has 1 heterocycles. The summed E-state index contributed by atoms with van der Waals surface area (Å²) in [6.45, 7) is 1.47. The van der Waals surface area contributed by atoms with Crippen molar-refractivity contribution < 1.29 is 9.72 Å². The number of hydrogen-bond donors (Lipinski definition) is 1. The Morgan fingerprint density at radius 1 is 1.43 bits per heavy atom. The Labute approximate surface area is 119 Å². The van der Waals surface area contributed by atoms with E-state index in [1.165, 1.54) is 36.8 Å². The highest BCUT2D eigenvalue weighted by Gasteiger charge is 2.10. The zero-order chi connectivity index (χ0) is 15.4. The maximum atomic E-state index is 11.9. The van der Waals surface area contributed by atoms with Crippen molar-refractivity contribution in [3.63, 3.8) is 0 Å². The second-order valence-corrected chi connectivity index (χ2v) is 4.35. The Hall–Kier alpha value is -3.03. The number of nitro benzene ring substituents is 1. The summed E-state index contributed by atoms with van der Waals surface area (Å²) in [5, 5.41) is 13.2. The predicted molar refractivity (Wildman–Crippen MR) is 75.0 cm³/mol. The van der Waals surface area contributed by atoms with Gasteiger partial charge in [0.1, 0.15) is 6.54 Å². The van der Waals surface area contributed by atoms with Crippen molar-refractivity contribution in [2.75, 3.05) is 5.32 Å². The van der Waals surface area contributed by atoms with Crippen LogP contribution < -0.4 is 10.9 Å². The van der Waals surface area contributed by atoms with Gasteiger partial charge in [0, 0.05) is 30.1 Å². The lowest BCUT2D eigenvalue weighted by Crippen LogP contribution is -2.27. The Bertz CT molecular complexity index is 754. The van der Waals surface area contributed by atoms with Crippen molar-refractivity contribution in [2.45, 2.75) is 13.5 Å². The molecule has 1 amide bonds. The second-order valence-electron chi connectivity index (χ2n) is 4.35. The van der Waals surface area contributed by atoms with Crippen LogP contribution in [0.5, 0.6) is 0 Å². The molecule has 1 aromatic carbocycles. The summed E-state index contributed by atoms with van der Waals surface area (Å²) in [4.78, 5) is 37.2. The van der Waals surface area contributed by atoms with Crippen LogP contribution in [0.2, 0.25) is 0 Å². The van der Waals surface area contributed by atoms with Gasteiger partial charge in [-0.05, 0) is 18.6 Å². The summed E-state index contributed by atoms with van der Waals surface area (Å²) in [5.41, 5.74) is 0.646. The number of anilines is 1. The van der Waals surface area contributed by atoms with E-state index in [2.05, 4.69) is 10.3 Å². The molecule has 0 unspecified atom stereocenters. The van der Waals surface area contributed by atoms with E-state index in [1.807, 2.05) is 0 Å². The number of nitrogens with zero attached hydrogens (tertiary/aromatic N) is 3. The first-order chi connectivity index (χ1) is 9.97. The Kier molecular flexibility index (Phi) is 4.07. The molecule has 0 aliphatic carbocycles. The highest BCUT2D eigenvalue weighted by molar-refractivity contribution is 5.91. The van der Waals surface area contributed by atoms with Crippen molar-refractivity contribution >= 4 is 17.3 Å². The van der Waals surface area contributed by atoms with Gasteiger partial charge in [0.25, 0.3) is 11.2 Å². The molecule has 0 saturated heterocycles. The number of non-ortho nitro benzene ring substituents is 1. The van der Waals surface area contributed by atoms with E-state index in [4.69, 9.17) is 0 Å². The van der Waals surface area contributed by atoms with Crippen LogP contribution in [0.3, 0.4) is 0 Å². The summed E-state index contributed by atoms with van der Waals surface area (Å²) >= 11 is 0. The number of amides is 1. The van der Waals surface area contributed by atoms with Crippen molar-refractivity contribution in [1.82, 2.24) is 9.55 Å². The highest BCUT2D eigenvalue weighted by atomic mass is 16.6.